The maximum absolute atomic E-state index is 11.6. The third kappa shape index (κ3) is 5.17. The van der Waals surface area contributed by atoms with E-state index < -0.39 is 12.0 Å². The van der Waals surface area contributed by atoms with Gasteiger partial charge in [0.25, 0.3) is 5.91 Å². The number of carbonyl (C=O) groups is 2. The van der Waals surface area contributed by atoms with E-state index in [1.165, 1.54) is 7.11 Å². The molecule has 1 rings (SSSR count). The molecule has 0 aliphatic carbocycles. The molecule has 110 valence electrons. The van der Waals surface area contributed by atoms with Crippen LogP contribution in [0.5, 0.6) is 11.5 Å². The Hall–Kier alpha value is -2.24. The summed E-state index contributed by atoms with van der Waals surface area (Å²) in [4.78, 5) is 22.1. The van der Waals surface area contributed by atoms with Gasteiger partial charge in [0, 0.05) is 6.04 Å². The lowest BCUT2D eigenvalue weighted by Crippen LogP contribution is -2.37. The van der Waals surface area contributed by atoms with E-state index in [0.717, 1.165) is 5.56 Å². The van der Waals surface area contributed by atoms with E-state index in [2.05, 4.69) is 5.32 Å². The van der Waals surface area contributed by atoms with E-state index in [9.17, 15) is 9.59 Å². The summed E-state index contributed by atoms with van der Waals surface area (Å²) in [5.74, 6) is -0.309. The van der Waals surface area contributed by atoms with Gasteiger partial charge in [0.15, 0.2) is 18.1 Å². The molecule has 0 aromatic heterocycles. The maximum Gasteiger partial charge on any atom is 0.305 e. The Labute approximate surface area is 117 Å². The standard InChI is InChI=1S/C14H19NO5/c1-9-4-5-11(12(6-9)19-3)20-8-13(16)15-10(2)7-14(17)18/h4-6,10H,7-8H2,1-3H3,(H,15,16)(H,17,18). The fourth-order valence-corrected chi connectivity index (χ4v) is 1.67. The molecule has 0 aliphatic heterocycles. The predicted molar refractivity (Wildman–Crippen MR) is 73.1 cm³/mol. The Morgan fingerprint density at radius 3 is 2.65 bits per heavy atom. The van der Waals surface area contributed by atoms with E-state index >= 15 is 0 Å². The number of aliphatic carboxylic acids is 1. The average molecular weight is 281 g/mol. The number of nitrogens with one attached hydrogen (secondary N) is 1. The summed E-state index contributed by atoms with van der Waals surface area (Å²) in [5.41, 5.74) is 1.02. The van der Waals surface area contributed by atoms with Crippen molar-refractivity contribution < 1.29 is 24.2 Å². The molecule has 1 unspecified atom stereocenters. The van der Waals surface area contributed by atoms with Gasteiger partial charge in [0.2, 0.25) is 0 Å². The first-order valence-corrected chi connectivity index (χ1v) is 6.21. The SMILES string of the molecule is COc1cc(C)ccc1OCC(=O)NC(C)CC(=O)O. The molecule has 0 aliphatic rings. The van der Waals surface area contributed by atoms with Gasteiger partial charge < -0.3 is 19.9 Å². The molecule has 6 nitrogen and oxygen atoms in total. The number of hydrogen-bond donors (Lipinski definition) is 2. The Morgan fingerprint density at radius 1 is 1.35 bits per heavy atom. The van der Waals surface area contributed by atoms with E-state index in [1.807, 2.05) is 13.0 Å². The van der Waals surface area contributed by atoms with Crippen molar-refractivity contribution in [2.75, 3.05) is 13.7 Å². The van der Waals surface area contributed by atoms with Crippen LogP contribution < -0.4 is 14.8 Å². The van der Waals surface area contributed by atoms with Crippen molar-refractivity contribution in [3.8, 4) is 11.5 Å². The zero-order chi connectivity index (χ0) is 15.1. The van der Waals surface area contributed by atoms with Crippen LogP contribution in [0.25, 0.3) is 0 Å². The van der Waals surface area contributed by atoms with Crippen molar-refractivity contribution in [1.82, 2.24) is 5.32 Å². The Balaban J connectivity index is 2.50. The van der Waals surface area contributed by atoms with Crippen molar-refractivity contribution in [1.29, 1.82) is 0 Å². The molecule has 1 atom stereocenters. The van der Waals surface area contributed by atoms with Gasteiger partial charge in [-0.25, -0.2) is 0 Å². The van der Waals surface area contributed by atoms with Gasteiger partial charge in [0.05, 0.1) is 13.5 Å². The van der Waals surface area contributed by atoms with Crippen LogP contribution >= 0.6 is 0 Å². The largest absolute Gasteiger partial charge is 0.493 e. The number of rotatable bonds is 7. The third-order valence-electron chi connectivity index (χ3n) is 2.57. The van der Waals surface area contributed by atoms with Gasteiger partial charge in [0.1, 0.15) is 0 Å². The van der Waals surface area contributed by atoms with Gasteiger partial charge in [-0.1, -0.05) is 6.07 Å². The smallest absolute Gasteiger partial charge is 0.305 e. The molecule has 0 radical (unpaired) electrons. The van der Waals surface area contributed by atoms with Gasteiger partial charge in [-0.2, -0.15) is 0 Å². The second kappa shape index (κ2) is 7.37. The highest BCUT2D eigenvalue weighted by Gasteiger charge is 2.12. The van der Waals surface area contributed by atoms with E-state index in [1.54, 1.807) is 19.1 Å². The van der Waals surface area contributed by atoms with Crippen molar-refractivity contribution in [3.63, 3.8) is 0 Å². The molecule has 0 spiro atoms. The lowest BCUT2D eigenvalue weighted by molar-refractivity contribution is -0.137. The highest BCUT2D eigenvalue weighted by Crippen LogP contribution is 2.27. The summed E-state index contributed by atoms with van der Waals surface area (Å²) in [7, 11) is 1.52. The molecule has 0 saturated heterocycles. The number of carboxylic acid groups (broad SMARTS) is 1. The average Bonchev–Trinajstić information content (AvgIpc) is 2.35. The molecule has 6 heteroatoms. The summed E-state index contributed by atoms with van der Waals surface area (Å²) in [6.45, 7) is 3.36. The molecule has 1 aromatic rings. The Bertz CT molecular complexity index is 486. The molecule has 0 saturated carbocycles. The minimum absolute atomic E-state index is 0.125. The molecule has 0 fully saturated rings. The number of benzene rings is 1. The first-order chi connectivity index (χ1) is 9.42. The summed E-state index contributed by atoms with van der Waals surface area (Å²) < 4.78 is 10.5. The fourth-order valence-electron chi connectivity index (χ4n) is 1.67. The maximum atomic E-state index is 11.6. The summed E-state index contributed by atoms with van der Waals surface area (Å²) in [6.07, 6.45) is -0.125. The zero-order valence-corrected chi connectivity index (χ0v) is 11.8. The predicted octanol–water partition coefficient (Wildman–Crippen LogP) is 1.36. The molecule has 20 heavy (non-hydrogen) atoms. The number of methoxy groups -OCH3 is 1. The highest BCUT2D eigenvalue weighted by molar-refractivity contribution is 5.78. The minimum atomic E-state index is -0.959. The molecular formula is C14H19NO5. The molecule has 0 heterocycles. The quantitative estimate of drug-likeness (QED) is 0.788. The lowest BCUT2D eigenvalue weighted by Gasteiger charge is -2.14. The van der Waals surface area contributed by atoms with Crippen molar-refractivity contribution in [2.45, 2.75) is 26.3 Å². The van der Waals surface area contributed by atoms with Crippen molar-refractivity contribution >= 4 is 11.9 Å². The van der Waals surface area contributed by atoms with Crippen molar-refractivity contribution in [3.05, 3.63) is 23.8 Å². The van der Waals surface area contributed by atoms with Crippen LogP contribution in [-0.2, 0) is 9.59 Å². The second-order valence-electron chi connectivity index (χ2n) is 4.51. The topological polar surface area (TPSA) is 84.9 Å². The Kier molecular flexibility index (Phi) is 5.83. The van der Waals surface area contributed by atoms with Crippen LogP contribution in [0.4, 0.5) is 0 Å². The molecule has 0 bridgehead atoms. The fraction of sp³-hybridized carbons (Fsp3) is 0.429. The third-order valence-corrected chi connectivity index (χ3v) is 2.57. The number of carboxylic acids is 1. The van der Waals surface area contributed by atoms with Crippen LogP contribution in [0.2, 0.25) is 0 Å². The minimum Gasteiger partial charge on any atom is -0.493 e. The van der Waals surface area contributed by atoms with Gasteiger partial charge in [-0.05, 0) is 31.5 Å². The summed E-state index contributed by atoms with van der Waals surface area (Å²) in [6, 6.07) is 4.94. The lowest BCUT2D eigenvalue weighted by atomic mass is 10.2. The van der Waals surface area contributed by atoms with E-state index in [4.69, 9.17) is 14.6 Å². The van der Waals surface area contributed by atoms with Gasteiger partial charge >= 0.3 is 5.97 Å². The second-order valence-corrected chi connectivity index (χ2v) is 4.51. The molecule has 2 N–H and O–H groups in total. The normalized spacial score (nSPS) is 11.6. The number of carbonyl (C=O) groups excluding carboxylic acids is 1. The van der Waals surface area contributed by atoms with Crippen LogP contribution in [0, 0.1) is 6.92 Å². The van der Waals surface area contributed by atoms with Crippen LogP contribution in [0.3, 0.4) is 0 Å². The summed E-state index contributed by atoms with van der Waals surface area (Å²) >= 11 is 0. The molecule has 1 aromatic carbocycles. The van der Waals surface area contributed by atoms with Gasteiger partial charge in [-0.3, -0.25) is 9.59 Å². The summed E-state index contributed by atoms with van der Waals surface area (Å²) in [5, 5.41) is 11.1. The van der Waals surface area contributed by atoms with Crippen LogP contribution in [0.15, 0.2) is 18.2 Å². The molecule has 1 amide bonds. The monoisotopic (exact) mass is 281 g/mol. The van der Waals surface area contributed by atoms with Gasteiger partial charge in [-0.15, -0.1) is 0 Å². The van der Waals surface area contributed by atoms with E-state index in [-0.39, 0.29) is 18.9 Å². The zero-order valence-electron chi connectivity index (χ0n) is 11.8. The first kappa shape index (κ1) is 15.8. The number of ether oxygens (including phenoxy) is 2. The Morgan fingerprint density at radius 2 is 2.05 bits per heavy atom. The van der Waals surface area contributed by atoms with E-state index in [0.29, 0.717) is 11.5 Å². The number of aryl methyl sites for hydroxylation is 1. The van der Waals surface area contributed by atoms with Crippen molar-refractivity contribution in [2.24, 2.45) is 0 Å². The first-order valence-electron chi connectivity index (χ1n) is 6.21. The number of amides is 1. The highest BCUT2D eigenvalue weighted by atomic mass is 16.5. The van der Waals surface area contributed by atoms with Crippen LogP contribution in [-0.4, -0.2) is 36.7 Å². The molecular weight excluding hydrogens is 262 g/mol. The van der Waals surface area contributed by atoms with Crippen LogP contribution in [0.1, 0.15) is 18.9 Å². The number of hydrogen-bond acceptors (Lipinski definition) is 4.